The maximum Gasteiger partial charge on any atom is 0.132 e. The third kappa shape index (κ3) is 5.82. The maximum atomic E-state index is 5.15. The van der Waals surface area contributed by atoms with Crippen LogP contribution in [-0.2, 0) is 0 Å². The number of hydrogen-bond donors (Lipinski definition) is 0. The minimum Gasteiger partial charge on any atom is -0.363 e. The van der Waals surface area contributed by atoms with Crippen LogP contribution in [0, 0.1) is 0 Å². The Kier molecular flexibility index (Phi) is 10.5. The summed E-state index contributed by atoms with van der Waals surface area (Å²) < 4.78 is 5.15. The van der Waals surface area contributed by atoms with Crippen molar-refractivity contribution in [1.29, 1.82) is 0 Å². The van der Waals surface area contributed by atoms with Crippen LogP contribution in [0.5, 0.6) is 0 Å². The molecule has 0 saturated heterocycles. The maximum absolute atomic E-state index is 5.15. The number of hydrogen-bond acceptors (Lipinski definition) is 2. The summed E-state index contributed by atoms with van der Waals surface area (Å²) in [6, 6.07) is 0. The number of nitrogens with zero attached hydrogens (tertiary/aromatic N) is 1. The highest BCUT2D eigenvalue weighted by atomic mass is 16.5. The molecule has 0 amide bonds. The first-order chi connectivity index (χ1) is 10.3. The molecule has 0 fully saturated rings. The minimum absolute atomic E-state index is 0.870. The molecule has 0 bridgehead atoms. The molecule has 1 aromatic rings. The van der Waals surface area contributed by atoms with E-state index in [9.17, 15) is 0 Å². The molecule has 2 nitrogen and oxygen atoms in total. The molecule has 1 heterocycles. The summed E-state index contributed by atoms with van der Waals surface area (Å²) in [5.41, 5.74) is 4.04. The van der Waals surface area contributed by atoms with E-state index in [2.05, 4.69) is 17.3 Å². The van der Waals surface area contributed by atoms with Crippen LogP contribution in [-0.4, -0.2) is 5.16 Å². The first kappa shape index (κ1) is 18.9. The predicted octanol–water partition coefficient (Wildman–Crippen LogP) is 6.22. The van der Waals surface area contributed by atoms with E-state index in [4.69, 9.17) is 4.52 Å². The van der Waals surface area contributed by atoms with Gasteiger partial charge in [-0.1, -0.05) is 67.6 Å². The van der Waals surface area contributed by atoms with E-state index in [0.717, 1.165) is 22.4 Å². The van der Waals surface area contributed by atoms with Crippen LogP contribution >= 0.6 is 0 Å². The van der Waals surface area contributed by atoms with Crippen molar-refractivity contribution in [2.24, 2.45) is 0 Å². The summed E-state index contributed by atoms with van der Waals surface area (Å²) in [5, 5.41) is 4.12. The van der Waals surface area contributed by atoms with Gasteiger partial charge >= 0.3 is 0 Å². The van der Waals surface area contributed by atoms with E-state index in [1.165, 1.54) is 0 Å². The SMILES string of the molecule is CC.C\C=C/C=C\C(=C/C)c1nocc1C(/C=C\C)=C/C. The van der Waals surface area contributed by atoms with Gasteiger partial charge in [0.25, 0.3) is 0 Å². The summed E-state index contributed by atoms with van der Waals surface area (Å²) >= 11 is 0. The van der Waals surface area contributed by atoms with Crippen molar-refractivity contribution in [3.8, 4) is 0 Å². The van der Waals surface area contributed by atoms with Crippen molar-refractivity contribution in [2.45, 2.75) is 41.5 Å². The van der Waals surface area contributed by atoms with Crippen LogP contribution < -0.4 is 0 Å². The third-order valence-electron chi connectivity index (χ3n) is 2.70. The largest absolute Gasteiger partial charge is 0.363 e. The molecule has 0 aliphatic heterocycles. The second-order valence-electron chi connectivity index (χ2n) is 3.95. The number of allylic oxidation sites excluding steroid dienone is 10. The van der Waals surface area contributed by atoms with E-state index >= 15 is 0 Å². The Bertz CT molecular complexity index is 540. The molecule has 1 aromatic heterocycles. The van der Waals surface area contributed by atoms with Crippen LogP contribution in [0.4, 0.5) is 0 Å². The second-order valence-corrected chi connectivity index (χ2v) is 3.95. The fourth-order valence-corrected chi connectivity index (χ4v) is 1.75. The molecule has 0 aliphatic carbocycles. The Morgan fingerprint density at radius 2 is 1.57 bits per heavy atom. The van der Waals surface area contributed by atoms with Gasteiger partial charge in [-0.15, -0.1) is 0 Å². The Balaban J connectivity index is 0.00000191. The van der Waals surface area contributed by atoms with Gasteiger partial charge in [-0.05, 0) is 33.3 Å². The summed E-state index contributed by atoms with van der Waals surface area (Å²) in [5.74, 6) is 0. The zero-order chi connectivity index (χ0) is 16.1. The molecule has 0 spiro atoms. The second kappa shape index (κ2) is 11.7. The summed E-state index contributed by atoms with van der Waals surface area (Å²) in [7, 11) is 0. The molecule has 2 heteroatoms. The monoisotopic (exact) mass is 285 g/mol. The van der Waals surface area contributed by atoms with E-state index < -0.39 is 0 Å². The fourth-order valence-electron chi connectivity index (χ4n) is 1.75. The Hall–Kier alpha value is -2.09. The van der Waals surface area contributed by atoms with Gasteiger partial charge in [-0.2, -0.15) is 0 Å². The van der Waals surface area contributed by atoms with E-state index in [-0.39, 0.29) is 0 Å². The van der Waals surface area contributed by atoms with Gasteiger partial charge in [0.2, 0.25) is 0 Å². The van der Waals surface area contributed by atoms with Crippen LogP contribution in [0.25, 0.3) is 11.1 Å². The molecule has 0 N–H and O–H groups in total. The van der Waals surface area contributed by atoms with Gasteiger partial charge in [-0.3, -0.25) is 0 Å². The van der Waals surface area contributed by atoms with Crippen molar-refractivity contribution in [2.75, 3.05) is 0 Å². The lowest BCUT2D eigenvalue weighted by Gasteiger charge is -2.02. The summed E-state index contributed by atoms with van der Waals surface area (Å²) in [4.78, 5) is 0. The molecule has 1 rings (SSSR count). The van der Waals surface area contributed by atoms with Crippen molar-refractivity contribution in [3.63, 3.8) is 0 Å². The molecule has 0 unspecified atom stereocenters. The first-order valence-electron chi connectivity index (χ1n) is 7.48. The van der Waals surface area contributed by atoms with Gasteiger partial charge < -0.3 is 4.52 Å². The van der Waals surface area contributed by atoms with E-state index in [0.29, 0.717) is 0 Å². The normalized spacial score (nSPS) is 13.2. The highest BCUT2D eigenvalue weighted by molar-refractivity contribution is 5.84. The van der Waals surface area contributed by atoms with Crippen LogP contribution in [0.15, 0.2) is 59.4 Å². The van der Waals surface area contributed by atoms with Crippen molar-refractivity contribution in [1.82, 2.24) is 5.16 Å². The average Bonchev–Trinajstić information content (AvgIpc) is 3.00. The lowest BCUT2D eigenvalue weighted by molar-refractivity contribution is 0.417. The van der Waals surface area contributed by atoms with Crippen LogP contribution in [0.3, 0.4) is 0 Å². The van der Waals surface area contributed by atoms with Crippen molar-refractivity contribution < 1.29 is 4.52 Å². The van der Waals surface area contributed by atoms with Gasteiger partial charge in [0.15, 0.2) is 0 Å². The summed E-state index contributed by atoms with van der Waals surface area (Å²) in [6.07, 6.45) is 17.9. The lowest BCUT2D eigenvalue weighted by atomic mass is 10.0. The molecule has 21 heavy (non-hydrogen) atoms. The molecule has 114 valence electrons. The number of aromatic nitrogens is 1. The third-order valence-corrected chi connectivity index (χ3v) is 2.70. The Morgan fingerprint density at radius 3 is 2.10 bits per heavy atom. The fraction of sp³-hybridized carbons (Fsp3) is 0.316. The smallest absolute Gasteiger partial charge is 0.132 e. The Labute approximate surface area is 129 Å². The van der Waals surface area contributed by atoms with Crippen molar-refractivity contribution >= 4 is 11.1 Å². The van der Waals surface area contributed by atoms with Gasteiger partial charge in [0.1, 0.15) is 12.0 Å². The molecule has 0 saturated carbocycles. The number of rotatable bonds is 5. The molecule has 0 aromatic carbocycles. The Morgan fingerprint density at radius 1 is 0.905 bits per heavy atom. The van der Waals surface area contributed by atoms with E-state index in [1.807, 2.05) is 78.0 Å². The van der Waals surface area contributed by atoms with Gasteiger partial charge in [0, 0.05) is 11.1 Å². The topological polar surface area (TPSA) is 26.0 Å². The molecular formula is C19H27NO. The molecule has 0 aliphatic rings. The van der Waals surface area contributed by atoms with Crippen molar-refractivity contribution in [3.05, 3.63) is 66.1 Å². The average molecular weight is 285 g/mol. The first-order valence-corrected chi connectivity index (χ1v) is 7.48. The van der Waals surface area contributed by atoms with Crippen LogP contribution in [0.2, 0.25) is 0 Å². The lowest BCUT2D eigenvalue weighted by Crippen LogP contribution is -1.88. The van der Waals surface area contributed by atoms with Gasteiger partial charge in [0.05, 0.1) is 0 Å². The zero-order valence-corrected chi connectivity index (χ0v) is 14.1. The standard InChI is InChI=1S/C17H21NO.C2H6/c1-5-9-10-12-15(8-4)17-16(13-19-18-17)14(7-3)11-6-2;1-2/h5-13H,1-4H3;1-2H3/b9-5-,11-6-,12-10-,14-7+,15-8+;. The molecular weight excluding hydrogens is 258 g/mol. The quantitative estimate of drug-likeness (QED) is 0.600. The van der Waals surface area contributed by atoms with Crippen LogP contribution in [0.1, 0.15) is 52.8 Å². The highest BCUT2D eigenvalue weighted by Gasteiger charge is 2.12. The van der Waals surface area contributed by atoms with E-state index in [1.54, 1.807) is 6.26 Å². The predicted molar refractivity (Wildman–Crippen MR) is 93.9 cm³/mol. The molecule has 0 atom stereocenters. The summed E-state index contributed by atoms with van der Waals surface area (Å²) in [6.45, 7) is 12.0. The van der Waals surface area contributed by atoms with Gasteiger partial charge in [-0.25, -0.2) is 0 Å². The zero-order valence-electron chi connectivity index (χ0n) is 14.1. The highest BCUT2D eigenvalue weighted by Crippen LogP contribution is 2.26. The minimum atomic E-state index is 0.870. The molecule has 0 radical (unpaired) electrons.